The van der Waals surface area contributed by atoms with Crippen molar-refractivity contribution >= 4 is 23.6 Å². The predicted molar refractivity (Wildman–Crippen MR) is 106 cm³/mol. The highest BCUT2D eigenvalue weighted by molar-refractivity contribution is 8.00. The van der Waals surface area contributed by atoms with E-state index in [1.807, 2.05) is 6.26 Å². The standard InChI is InChI=1S/C20H24N2O4S/c1-14(13-23)7-5-6-8-15-9-11-16(12-10-15)18(24)21-17(19(25)22-26)20(2,3)27-4/h9-12,14,17,23,26H,13H2,1-4H3,(H,21,24)(H,22,25). The average Bonchev–Trinajstić information content (AvgIpc) is 2.68. The monoisotopic (exact) mass is 388 g/mol. The maximum absolute atomic E-state index is 12.5. The summed E-state index contributed by atoms with van der Waals surface area (Å²) in [6.07, 6.45) is 1.82. The van der Waals surface area contributed by atoms with Crippen molar-refractivity contribution in [2.75, 3.05) is 12.9 Å². The van der Waals surface area contributed by atoms with Crippen molar-refractivity contribution in [1.29, 1.82) is 0 Å². The van der Waals surface area contributed by atoms with Crippen molar-refractivity contribution < 1.29 is 19.9 Å². The minimum absolute atomic E-state index is 0.0128. The number of hydrogen-bond acceptors (Lipinski definition) is 5. The van der Waals surface area contributed by atoms with Crippen LogP contribution in [-0.2, 0) is 4.79 Å². The van der Waals surface area contributed by atoms with Gasteiger partial charge < -0.3 is 10.4 Å². The Morgan fingerprint density at radius 1 is 1.22 bits per heavy atom. The summed E-state index contributed by atoms with van der Waals surface area (Å²) in [5.41, 5.74) is 2.65. The lowest BCUT2D eigenvalue weighted by molar-refractivity contribution is -0.131. The number of thioether (sulfide) groups is 1. The summed E-state index contributed by atoms with van der Waals surface area (Å²) in [5, 5.41) is 20.5. The van der Waals surface area contributed by atoms with E-state index in [9.17, 15) is 9.59 Å². The van der Waals surface area contributed by atoms with E-state index in [1.54, 1.807) is 50.5 Å². The molecule has 0 aliphatic heterocycles. The molecule has 0 heterocycles. The van der Waals surface area contributed by atoms with E-state index in [-0.39, 0.29) is 12.5 Å². The normalized spacial score (nSPS) is 12.5. The molecule has 0 radical (unpaired) electrons. The van der Waals surface area contributed by atoms with Gasteiger partial charge in [0.05, 0.1) is 6.61 Å². The van der Waals surface area contributed by atoms with Crippen LogP contribution >= 0.6 is 11.8 Å². The van der Waals surface area contributed by atoms with Gasteiger partial charge in [0.2, 0.25) is 0 Å². The Hall–Kier alpha value is -2.45. The second-order valence-electron chi connectivity index (χ2n) is 6.37. The topological polar surface area (TPSA) is 98.7 Å². The summed E-state index contributed by atoms with van der Waals surface area (Å²) in [7, 11) is 0. The highest BCUT2D eigenvalue weighted by atomic mass is 32.2. The lowest BCUT2D eigenvalue weighted by Crippen LogP contribution is -2.55. The number of carbonyl (C=O) groups excluding carboxylic acids is 2. The van der Waals surface area contributed by atoms with E-state index in [4.69, 9.17) is 10.3 Å². The van der Waals surface area contributed by atoms with Crippen molar-refractivity contribution in [3.8, 4) is 23.7 Å². The van der Waals surface area contributed by atoms with Crippen LogP contribution in [0.1, 0.15) is 36.7 Å². The number of benzene rings is 1. The number of rotatable bonds is 6. The third kappa shape index (κ3) is 6.99. The van der Waals surface area contributed by atoms with Crippen molar-refractivity contribution in [1.82, 2.24) is 10.8 Å². The van der Waals surface area contributed by atoms with Gasteiger partial charge in [0.1, 0.15) is 6.04 Å². The molecule has 27 heavy (non-hydrogen) atoms. The van der Waals surface area contributed by atoms with E-state index < -0.39 is 22.6 Å². The van der Waals surface area contributed by atoms with Crippen molar-refractivity contribution in [3.05, 3.63) is 35.4 Å². The fourth-order valence-corrected chi connectivity index (χ4v) is 2.37. The third-order valence-corrected chi connectivity index (χ3v) is 5.17. The molecule has 6 nitrogen and oxygen atoms in total. The molecule has 0 aliphatic rings. The molecule has 0 bridgehead atoms. The summed E-state index contributed by atoms with van der Waals surface area (Å²) in [4.78, 5) is 24.4. The predicted octanol–water partition coefficient (Wildman–Crippen LogP) is 1.42. The molecule has 0 aliphatic carbocycles. The van der Waals surface area contributed by atoms with E-state index in [2.05, 4.69) is 29.0 Å². The van der Waals surface area contributed by atoms with Gasteiger partial charge in [-0.05, 0) is 63.1 Å². The molecule has 1 aromatic rings. The molecule has 0 aromatic heterocycles. The first-order valence-corrected chi connectivity index (χ1v) is 9.50. The lowest BCUT2D eigenvalue weighted by Gasteiger charge is -2.31. The number of amides is 2. The Bertz CT molecular complexity index is 782. The van der Waals surface area contributed by atoms with Crippen LogP contribution in [0, 0.1) is 29.6 Å². The van der Waals surface area contributed by atoms with Gasteiger partial charge in [0.15, 0.2) is 0 Å². The maximum Gasteiger partial charge on any atom is 0.267 e. The molecule has 2 unspecified atom stereocenters. The minimum Gasteiger partial charge on any atom is -0.395 e. The van der Waals surface area contributed by atoms with Gasteiger partial charge in [-0.3, -0.25) is 14.8 Å². The van der Waals surface area contributed by atoms with Crippen molar-refractivity contribution in [2.24, 2.45) is 5.92 Å². The molecule has 2 amide bonds. The first kappa shape index (κ1) is 22.6. The first-order valence-electron chi connectivity index (χ1n) is 8.27. The fraction of sp³-hybridized carbons (Fsp3) is 0.400. The number of aliphatic hydroxyl groups is 1. The summed E-state index contributed by atoms with van der Waals surface area (Å²) in [6.45, 7) is 5.39. The van der Waals surface area contributed by atoms with Gasteiger partial charge in [-0.1, -0.05) is 11.8 Å². The number of aliphatic hydroxyl groups excluding tert-OH is 1. The van der Waals surface area contributed by atoms with E-state index in [0.29, 0.717) is 11.1 Å². The average molecular weight is 388 g/mol. The second-order valence-corrected chi connectivity index (χ2v) is 7.83. The molecule has 0 saturated carbocycles. The van der Waals surface area contributed by atoms with E-state index in [1.165, 1.54) is 11.8 Å². The molecule has 0 fully saturated rings. The van der Waals surface area contributed by atoms with Crippen molar-refractivity contribution in [2.45, 2.75) is 31.6 Å². The molecular weight excluding hydrogens is 364 g/mol. The molecule has 1 aromatic carbocycles. The highest BCUT2D eigenvalue weighted by Crippen LogP contribution is 2.26. The largest absolute Gasteiger partial charge is 0.395 e. The van der Waals surface area contributed by atoms with Gasteiger partial charge in [-0.15, -0.1) is 0 Å². The number of hydroxylamine groups is 1. The van der Waals surface area contributed by atoms with Crippen LogP contribution in [0.5, 0.6) is 0 Å². The molecule has 0 spiro atoms. The van der Waals surface area contributed by atoms with Crippen LogP contribution in [0.25, 0.3) is 0 Å². The maximum atomic E-state index is 12.5. The van der Waals surface area contributed by atoms with Crippen LogP contribution in [0.15, 0.2) is 24.3 Å². The molecule has 7 heteroatoms. The summed E-state index contributed by atoms with van der Waals surface area (Å²) < 4.78 is -0.613. The smallest absolute Gasteiger partial charge is 0.267 e. The Balaban J connectivity index is 2.88. The third-order valence-electron chi connectivity index (χ3n) is 3.88. The Morgan fingerprint density at radius 3 is 2.37 bits per heavy atom. The molecular formula is C20H24N2O4S. The van der Waals surface area contributed by atoms with Crippen LogP contribution in [-0.4, -0.2) is 45.8 Å². The molecule has 144 valence electrons. The summed E-state index contributed by atoms with van der Waals surface area (Å²) in [5.74, 6) is 9.77. The van der Waals surface area contributed by atoms with Crippen LogP contribution in [0.3, 0.4) is 0 Å². The quantitative estimate of drug-likeness (QED) is 0.336. The van der Waals surface area contributed by atoms with Crippen molar-refractivity contribution in [3.63, 3.8) is 0 Å². The summed E-state index contributed by atoms with van der Waals surface area (Å²) >= 11 is 1.40. The van der Waals surface area contributed by atoms with Crippen LogP contribution in [0.2, 0.25) is 0 Å². The van der Waals surface area contributed by atoms with Gasteiger partial charge >= 0.3 is 0 Å². The molecule has 1 rings (SSSR count). The Morgan fingerprint density at radius 2 is 1.85 bits per heavy atom. The summed E-state index contributed by atoms with van der Waals surface area (Å²) in [6, 6.07) is 5.65. The number of nitrogens with one attached hydrogen (secondary N) is 2. The Labute approximate surface area is 164 Å². The van der Waals surface area contributed by atoms with Gasteiger partial charge in [-0.2, -0.15) is 11.8 Å². The highest BCUT2D eigenvalue weighted by Gasteiger charge is 2.36. The van der Waals surface area contributed by atoms with E-state index >= 15 is 0 Å². The first-order chi connectivity index (χ1) is 12.7. The zero-order valence-electron chi connectivity index (χ0n) is 15.8. The zero-order valence-corrected chi connectivity index (χ0v) is 16.6. The number of carbonyl (C=O) groups is 2. The van der Waals surface area contributed by atoms with Gasteiger partial charge in [-0.25, -0.2) is 5.48 Å². The van der Waals surface area contributed by atoms with Crippen LogP contribution in [0.4, 0.5) is 0 Å². The van der Waals surface area contributed by atoms with Gasteiger partial charge in [0.25, 0.3) is 11.8 Å². The van der Waals surface area contributed by atoms with E-state index in [0.717, 1.165) is 0 Å². The zero-order chi connectivity index (χ0) is 20.4. The lowest BCUT2D eigenvalue weighted by atomic mass is 10.0. The van der Waals surface area contributed by atoms with Gasteiger partial charge in [0, 0.05) is 21.8 Å². The fourth-order valence-electron chi connectivity index (χ4n) is 1.97. The minimum atomic E-state index is -0.909. The Kier molecular flexibility index (Phi) is 8.90. The molecule has 0 saturated heterocycles. The SMILES string of the molecule is CSC(C)(C)C(NC(=O)c1ccc(C#CC#CC(C)CO)cc1)C(=O)NO. The second kappa shape index (κ2) is 10.6. The molecule has 4 N–H and O–H groups in total. The number of hydrogen-bond donors (Lipinski definition) is 4. The molecule has 2 atom stereocenters. The van der Waals surface area contributed by atoms with Crippen LogP contribution < -0.4 is 10.8 Å².